The molecule has 0 radical (unpaired) electrons. The number of fused-ring (bicyclic) bond motifs is 1. The average molecular weight is 331 g/mol. The van der Waals surface area contributed by atoms with Crippen LogP contribution in [0.4, 0.5) is 0 Å². The molecule has 0 spiro atoms. The molecule has 1 atom stereocenters. The highest BCUT2D eigenvalue weighted by atomic mass is 16.3. The number of carbonyl (C=O) groups is 1. The minimum absolute atomic E-state index is 0.0521. The molecule has 1 aliphatic heterocycles. The van der Waals surface area contributed by atoms with Gasteiger partial charge in [0.1, 0.15) is 0 Å². The van der Waals surface area contributed by atoms with Crippen molar-refractivity contribution in [2.24, 2.45) is 0 Å². The lowest BCUT2D eigenvalue weighted by atomic mass is 10.2. The van der Waals surface area contributed by atoms with E-state index in [9.17, 15) is 14.7 Å². The maximum Gasteiger partial charge on any atom is 0.264 e. The van der Waals surface area contributed by atoms with E-state index in [1.165, 1.54) is 6.07 Å². The molecule has 1 unspecified atom stereocenters. The molecule has 24 heavy (non-hydrogen) atoms. The summed E-state index contributed by atoms with van der Waals surface area (Å²) < 4.78 is 1.87. The van der Waals surface area contributed by atoms with Gasteiger partial charge in [-0.1, -0.05) is 0 Å². The van der Waals surface area contributed by atoms with E-state index in [1.807, 2.05) is 15.6 Å². The van der Waals surface area contributed by atoms with Crippen molar-refractivity contribution < 1.29 is 9.90 Å². The SMILES string of the molecule is CC(O)c1cc2n(n1)CCCN(C(=O)CCc1ccc(=O)[nH]n1)C2. The van der Waals surface area contributed by atoms with E-state index in [1.54, 1.807) is 13.0 Å². The normalized spacial score (nSPS) is 15.7. The van der Waals surface area contributed by atoms with Crippen LogP contribution in [0.1, 0.15) is 43.0 Å². The molecule has 2 aromatic heterocycles. The summed E-state index contributed by atoms with van der Waals surface area (Å²) in [6, 6.07) is 4.91. The zero-order valence-corrected chi connectivity index (χ0v) is 13.6. The van der Waals surface area contributed by atoms with Gasteiger partial charge in [0.05, 0.1) is 29.7 Å². The summed E-state index contributed by atoms with van der Waals surface area (Å²) >= 11 is 0. The van der Waals surface area contributed by atoms with Gasteiger partial charge in [-0.15, -0.1) is 0 Å². The molecule has 1 amide bonds. The van der Waals surface area contributed by atoms with Crippen LogP contribution in [0.5, 0.6) is 0 Å². The second-order valence-electron chi connectivity index (χ2n) is 6.04. The Morgan fingerprint density at radius 3 is 2.96 bits per heavy atom. The number of H-pyrrole nitrogens is 1. The molecule has 0 fully saturated rings. The van der Waals surface area contributed by atoms with Crippen LogP contribution in [0.15, 0.2) is 23.0 Å². The van der Waals surface area contributed by atoms with E-state index in [0.29, 0.717) is 37.3 Å². The zero-order valence-electron chi connectivity index (χ0n) is 13.6. The number of aromatic amines is 1. The van der Waals surface area contributed by atoms with E-state index in [2.05, 4.69) is 15.3 Å². The standard InChI is InChI=1S/C16H21N5O3/c1-11(22)14-9-13-10-20(7-2-8-21(13)19-14)16(24)6-4-12-3-5-15(23)18-17-12/h3,5,9,11,22H,2,4,6-8,10H2,1H3,(H,18,23). The molecule has 3 rings (SSSR count). The van der Waals surface area contributed by atoms with E-state index in [4.69, 9.17) is 0 Å². The summed E-state index contributed by atoms with van der Waals surface area (Å²) in [5, 5.41) is 20.3. The van der Waals surface area contributed by atoms with Gasteiger partial charge in [-0.25, -0.2) is 5.10 Å². The molecule has 0 bridgehead atoms. The van der Waals surface area contributed by atoms with Crippen LogP contribution in [0.25, 0.3) is 0 Å². The van der Waals surface area contributed by atoms with Gasteiger partial charge in [0.25, 0.3) is 5.56 Å². The Bertz CT molecular complexity index is 760. The van der Waals surface area contributed by atoms with Crippen molar-refractivity contribution >= 4 is 5.91 Å². The van der Waals surface area contributed by atoms with Crippen LogP contribution in [0, 0.1) is 0 Å². The number of rotatable bonds is 4. The number of hydrogen-bond donors (Lipinski definition) is 2. The highest BCUT2D eigenvalue weighted by molar-refractivity contribution is 5.76. The minimum atomic E-state index is -0.611. The summed E-state index contributed by atoms with van der Waals surface area (Å²) in [5.41, 5.74) is 2.02. The first kappa shape index (κ1) is 16.4. The molecule has 0 saturated carbocycles. The Morgan fingerprint density at radius 1 is 1.42 bits per heavy atom. The molecular formula is C16H21N5O3. The van der Waals surface area contributed by atoms with Gasteiger partial charge in [-0.2, -0.15) is 10.2 Å². The Kier molecular flexibility index (Phi) is 4.75. The third-order valence-corrected chi connectivity index (χ3v) is 4.15. The third-order valence-electron chi connectivity index (χ3n) is 4.15. The van der Waals surface area contributed by atoms with E-state index >= 15 is 0 Å². The second kappa shape index (κ2) is 6.96. The molecule has 2 N–H and O–H groups in total. The maximum absolute atomic E-state index is 12.5. The van der Waals surface area contributed by atoms with Gasteiger partial charge in [0.2, 0.25) is 5.91 Å². The molecule has 2 aromatic rings. The zero-order chi connectivity index (χ0) is 17.1. The number of hydrogen-bond acceptors (Lipinski definition) is 5. The minimum Gasteiger partial charge on any atom is -0.387 e. The number of nitrogens with one attached hydrogen (secondary N) is 1. The summed E-state index contributed by atoms with van der Waals surface area (Å²) in [6.45, 7) is 3.61. The Hall–Kier alpha value is -2.48. The highest BCUT2D eigenvalue weighted by Gasteiger charge is 2.21. The van der Waals surface area contributed by atoms with E-state index < -0.39 is 6.10 Å². The molecular weight excluding hydrogens is 310 g/mol. The first-order chi connectivity index (χ1) is 11.5. The number of aliphatic hydroxyl groups excluding tert-OH is 1. The van der Waals surface area contributed by atoms with Crippen LogP contribution < -0.4 is 5.56 Å². The lowest BCUT2D eigenvalue weighted by Gasteiger charge is -2.19. The van der Waals surface area contributed by atoms with Crippen molar-refractivity contribution in [3.8, 4) is 0 Å². The number of aromatic nitrogens is 4. The highest BCUT2D eigenvalue weighted by Crippen LogP contribution is 2.18. The smallest absolute Gasteiger partial charge is 0.264 e. The third kappa shape index (κ3) is 3.70. The molecule has 0 saturated heterocycles. The predicted octanol–water partition coefficient (Wildman–Crippen LogP) is 0.385. The van der Waals surface area contributed by atoms with Gasteiger partial charge in [-0.3, -0.25) is 14.3 Å². The topological polar surface area (TPSA) is 104 Å². The number of amides is 1. The summed E-state index contributed by atoms with van der Waals surface area (Å²) in [6.07, 6.45) is 1.05. The van der Waals surface area contributed by atoms with Gasteiger partial charge in [-0.05, 0) is 25.5 Å². The van der Waals surface area contributed by atoms with Gasteiger partial charge in [0.15, 0.2) is 0 Å². The van der Waals surface area contributed by atoms with E-state index in [-0.39, 0.29) is 11.5 Å². The van der Waals surface area contributed by atoms with Crippen molar-refractivity contribution in [3.63, 3.8) is 0 Å². The number of aryl methyl sites for hydroxylation is 2. The van der Waals surface area contributed by atoms with Crippen molar-refractivity contribution in [2.75, 3.05) is 6.54 Å². The van der Waals surface area contributed by atoms with Gasteiger partial charge < -0.3 is 10.0 Å². The number of nitrogens with zero attached hydrogens (tertiary/aromatic N) is 4. The molecule has 0 aromatic carbocycles. The average Bonchev–Trinajstić information content (AvgIpc) is 2.86. The largest absolute Gasteiger partial charge is 0.387 e. The summed E-state index contributed by atoms with van der Waals surface area (Å²) in [7, 11) is 0. The van der Waals surface area contributed by atoms with Crippen LogP contribution in [0.2, 0.25) is 0 Å². The summed E-state index contributed by atoms with van der Waals surface area (Å²) in [4.78, 5) is 25.3. The lowest BCUT2D eigenvalue weighted by Crippen LogP contribution is -2.31. The van der Waals surface area contributed by atoms with Crippen LogP contribution in [-0.2, 0) is 24.3 Å². The van der Waals surface area contributed by atoms with Crippen molar-refractivity contribution in [1.29, 1.82) is 0 Å². The molecule has 3 heterocycles. The quantitative estimate of drug-likeness (QED) is 0.843. The Morgan fingerprint density at radius 2 is 2.25 bits per heavy atom. The fourth-order valence-corrected chi connectivity index (χ4v) is 2.81. The fraction of sp³-hybridized carbons (Fsp3) is 0.500. The Balaban J connectivity index is 1.64. The molecule has 8 nitrogen and oxygen atoms in total. The number of carbonyl (C=O) groups excluding carboxylic acids is 1. The van der Waals surface area contributed by atoms with Crippen molar-refractivity contribution in [2.45, 2.75) is 45.4 Å². The molecule has 128 valence electrons. The van der Waals surface area contributed by atoms with Gasteiger partial charge in [0, 0.05) is 32.0 Å². The van der Waals surface area contributed by atoms with Gasteiger partial charge >= 0.3 is 0 Å². The fourth-order valence-electron chi connectivity index (χ4n) is 2.81. The van der Waals surface area contributed by atoms with Crippen molar-refractivity contribution in [3.05, 3.63) is 45.6 Å². The first-order valence-corrected chi connectivity index (χ1v) is 8.10. The van der Waals surface area contributed by atoms with Crippen LogP contribution >= 0.6 is 0 Å². The first-order valence-electron chi connectivity index (χ1n) is 8.10. The second-order valence-corrected chi connectivity index (χ2v) is 6.04. The van der Waals surface area contributed by atoms with E-state index in [0.717, 1.165) is 18.7 Å². The van der Waals surface area contributed by atoms with Crippen LogP contribution in [0.3, 0.4) is 0 Å². The summed E-state index contributed by atoms with van der Waals surface area (Å²) in [5.74, 6) is 0.0521. The number of aliphatic hydroxyl groups is 1. The molecule has 8 heteroatoms. The maximum atomic E-state index is 12.5. The molecule has 0 aliphatic carbocycles. The van der Waals surface area contributed by atoms with Crippen molar-refractivity contribution in [1.82, 2.24) is 24.9 Å². The monoisotopic (exact) mass is 331 g/mol. The predicted molar refractivity (Wildman–Crippen MR) is 86.1 cm³/mol. The Labute approximate surface area is 139 Å². The van der Waals surface area contributed by atoms with Crippen LogP contribution in [-0.4, -0.2) is 42.4 Å². The molecule has 1 aliphatic rings. The lowest BCUT2D eigenvalue weighted by molar-refractivity contribution is -0.131.